The van der Waals surface area contributed by atoms with Gasteiger partial charge in [0.25, 0.3) is 0 Å². The number of rotatable bonds is 7. The Balaban J connectivity index is 3.34. The van der Waals surface area contributed by atoms with Gasteiger partial charge in [-0.25, -0.2) is 0 Å². The van der Waals surface area contributed by atoms with Crippen molar-refractivity contribution in [1.29, 1.82) is 0 Å². The summed E-state index contributed by atoms with van der Waals surface area (Å²) in [5, 5.41) is 0.128. The molecule has 0 saturated heterocycles. The molecule has 0 N–H and O–H groups in total. The minimum atomic E-state index is -1.92. The summed E-state index contributed by atoms with van der Waals surface area (Å²) in [6, 6.07) is 0. The van der Waals surface area contributed by atoms with E-state index < -0.39 is 13.7 Å². The largest absolute Gasteiger partial charge is 0.465 e. The maximum Gasteiger partial charge on any atom is 0.316 e. The Morgan fingerprint density at radius 1 is 1.26 bits per heavy atom. The van der Waals surface area contributed by atoms with Gasteiger partial charge in [0.15, 0.2) is 8.32 Å². The van der Waals surface area contributed by atoms with Gasteiger partial charge in [0.1, 0.15) is 5.78 Å². The van der Waals surface area contributed by atoms with Gasteiger partial charge < -0.3 is 14.0 Å². The first-order valence-corrected chi connectivity index (χ1v) is 13.0. The summed E-state index contributed by atoms with van der Waals surface area (Å²) in [7, 11) is -1.92. The maximum absolute atomic E-state index is 13.1. The molecule has 1 aliphatic carbocycles. The third-order valence-corrected chi connectivity index (χ3v) is 11.2. The molecule has 0 spiro atoms. The van der Waals surface area contributed by atoms with E-state index in [-0.39, 0.29) is 28.3 Å². The van der Waals surface area contributed by atoms with Crippen LogP contribution in [0.25, 0.3) is 0 Å². The predicted octanol–water partition coefficient (Wildman–Crippen LogP) is 5.67. The van der Waals surface area contributed by atoms with E-state index in [9.17, 15) is 9.59 Å². The fourth-order valence-corrected chi connectivity index (χ4v) is 5.28. The number of ketones is 1. The Hall–Kier alpha value is -0.943. The fourth-order valence-electron chi connectivity index (χ4n) is 4.01. The number of ether oxygens (including phenoxy) is 1. The highest BCUT2D eigenvalue weighted by molar-refractivity contribution is 6.74. The van der Waals surface area contributed by atoms with Gasteiger partial charge in [0.05, 0.1) is 18.1 Å². The Morgan fingerprint density at radius 3 is 2.22 bits per heavy atom. The van der Waals surface area contributed by atoms with Crippen LogP contribution in [-0.2, 0) is 18.8 Å². The number of carbonyl (C=O) groups is 2. The molecule has 0 bridgehead atoms. The Kier molecular flexibility index (Phi) is 7.32. The zero-order valence-electron chi connectivity index (χ0n) is 19.1. The summed E-state index contributed by atoms with van der Waals surface area (Å²) in [5.41, 5.74) is -0.162. The van der Waals surface area contributed by atoms with Gasteiger partial charge in [0.2, 0.25) is 0 Å². The summed E-state index contributed by atoms with van der Waals surface area (Å²) < 4.78 is 12.1. The van der Waals surface area contributed by atoms with Crippen molar-refractivity contribution in [2.45, 2.75) is 98.9 Å². The Bertz CT molecular complexity index is 598. The molecule has 2 unspecified atom stereocenters. The lowest BCUT2D eigenvalue weighted by Crippen LogP contribution is -2.53. The van der Waals surface area contributed by atoms with E-state index in [0.717, 1.165) is 12.0 Å². The van der Waals surface area contributed by atoms with Crippen LogP contribution in [0.4, 0.5) is 0 Å². The summed E-state index contributed by atoms with van der Waals surface area (Å²) in [5.74, 6) is -0.113. The van der Waals surface area contributed by atoms with Crippen molar-refractivity contribution in [2.24, 2.45) is 10.8 Å². The molecule has 0 heterocycles. The molecule has 0 radical (unpaired) electrons. The molecule has 1 rings (SSSR count). The second-order valence-electron chi connectivity index (χ2n) is 10.2. The number of hydrogen-bond donors (Lipinski definition) is 0. The summed E-state index contributed by atoms with van der Waals surface area (Å²) in [6.07, 6.45) is 3.71. The number of carbonyl (C=O) groups excluding carboxylic acids is 2. The standard InChI is InChI=1S/C22H40O4Si/c1-11-25-19(24)22(13-12-17(3)23)16(2)14-18(15-21(22,7)8)26-27(9,10)20(4,5)6/h14,18H,11-13,15H2,1-10H3. The number of esters is 1. The van der Waals surface area contributed by atoms with Crippen LogP contribution in [0, 0.1) is 10.8 Å². The highest BCUT2D eigenvalue weighted by Gasteiger charge is 2.56. The molecule has 2 atom stereocenters. The van der Waals surface area contributed by atoms with Gasteiger partial charge in [0, 0.05) is 6.42 Å². The lowest BCUT2D eigenvalue weighted by atomic mass is 9.54. The molecule has 0 aromatic heterocycles. The second-order valence-corrected chi connectivity index (χ2v) is 14.9. The molecule has 4 nitrogen and oxygen atoms in total. The van der Waals surface area contributed by atoms with E-state index in [2.05, 4.69) is 53.8 Å². The van der Waals surface area contributed by atoms with Gasteiger partial charge in [-0.15, -0.1) is 0 Å². The van der Waals surface area contributed by atoms with E-state index >= 15 is 0 Å². The summed E-state index contributed by atoms with van der Waals surface area (Å²) in [4.78, 5) is 24.8. The quantitative estimate of drug-likeness (QED) is 0.316. The average molecular weight is 397 g/mol. The van der Waals surface area contributed by atoms with E-state index in [4.69, 9.17) is 9.16 Å². The molecular weight excluding hydrogens is 356 g/mol. The lowest BCUT2D eigenvalue weighted by molar-refractivity contribution is -0.163. The zero-order chi connectivity index (χ0) is 21.3. The maximum atomic E-state index is 13.1. The normalized spacial score (nSPS) is 25.7. The molecule has 0 fully saturated rings. The first-order chi connectivity index (χ1) is 12.1. The van der Waals surface area contributed by atoms with Crippen molar-refractivity contribution in [3.8, 4) is 0 Å². The first-order valence-electron chi connectivity index (χ1n) is 10.1. The number of Topliss-reactive ketones (excluding diaryl/α,β-unsaturated/α-hetero) is 1. The van der Waals surface area contributed by atoms with Crippen molar-refractivity contribution < 1.29 is 18.8 Å². The van der Waals surface area contributed by atoms with Gasteiger partial charge in [-0.1, -0.05) is 46.3 Å². The van der Waals surface area contributed by atoms with Crippen molar-refractivity contribution in [3.05, 3.63) is 11.6 Å². The smallest absolute Gasteiger partial charge is 0.316 e. The van der Waals surface area contributed by atoms with E-state index in [0.29, 0.717) is 19.4 Å². The van der Waals surface area contributed by atoms with Crippen molar-refractivity contribution in [3.63, 3.8) is 0 Å². The second kappa shape index (κ2) is 8.20. The third kappa shape index (κ3) is 4.92. The molecule has 0 saturated carbocycles. The predicted molar refractivity (Wildman–Crippen MR) is 113 cm³/mol. The van der Waals surface area contributed by atoms with Crippen molar-refractivity contribution in [2.75, 3.05) is 6.61 Å². The summed E-state index contributed by atoms with van der Waals surface area (Å²) in [6.45, 7) is 21.2. The van der Waals surface area contributed by atoms with Crippen LogP contribution in [0.3, 0.4) is 0 Å². The molecule has 0 aromatic rings. The lowest BCUT2D eigenvalue weighted by Gasteiger charge is -2.51. The molecule has 0 amide bonds. The minimum absolute atomic E-state index is 0.0132. The van der Waals surface area contributed by atoms with Crippen molar-refractivity contribution in [1.82, 2.24) is 0 Å². The van der Waals surface area contributed by atoms with E-state index in [1.165, 1.54) is 0 Å². The monoisotopic (exact) mass is 396 g/mol. The van der Waals surface area contributed by atoms with Crippen LogP contribution in [0.5, 0.6) is 0 Å². The molecular formula is C22H40O4Si. The molecule has 5 heteroatoms. The topological polar surface area (TPSA) is 52.6 Å². The minimum Gasteiger partial charge on any atom is -0.465 e. The molecule has 27 heavy (non-hydrogen) atoms. The van der Waals surface area contributed by atoms with Crippen LogP contribution < -0.4 is 0 Å². The summed E-state index contributed by atoms with van der Waals surface area (Å²) >= 11 is 0. The SMILES string of the molecule is CCOC(=O)C1(CCC(C)=O)C(C)=CC(O[Si](C)(C)C(C)(C)C)CC1(C)C. The first kappa shape index (κ1) is 24.1. The Labute approximate surface area is 167 Å². The number of hydrogen-bond acceptors (Lipinski definition) is 4. The highest BCUT2D eigenvalue weighted by Crippen LogP contribution is 2.55. The highest BCUT2D eigenvalue weighted by atomic mass is 28.4. The van der Waals surface area contributed by atoms with Crippen LogP contribution in [0.15, 0.2) is 11.6 Å². The van der Waals surface area contributed by atoms with Crippen LogP contribution in [-0.4, -0.2) is 32.8 Å². The molecule has 156 valence electrons. The van der Waals surface area contributed by atoms with E-state index in [1.54, 1.807) is 6.92 Å². The van der Waals surface area contributed by atoms with Crippen LogP contribution in [0.1, 0.15) is 74.7 Å². The average Bonchev–Trinajstić information content (AvgIpc) is 2.44. The van der Waals surface area contributed by atoms with Crippen LogP contribution >= 0.6 is 0 Å². The zero-order valence-corrected chi connectivity index (χ0v) is 20.1. The van der Waals surface area contributed by atoms with E-state index in [1.807, 2.05) is 13.8 Å². The molecule has 0 aliphatic heterocycles. The van der Waals surface area contributed by atoms with Crippen molar-refractivity contribution >= 4 is 20.1 Å². The molecule has 1 aliphatic rings. The van der Waals surface area contributed by atoms with Gasteiger partial charge in [-0.05, 0) is 57.2 Å². The van der Waals surface area contributed by atoms with Crippen LogP contribution in [0.2, 0.25) is 18.1 Å². The van der Waals surface area contributed by atoms with Gasteiger partial charge in [-0.2, -0.15) is 0 Å². The van der Waals surface area contributed by atoms with Gasteiger partial charge in [-0.3, -0.25) is 4.79 Å². The molecule has 0 aromatic carbocycles. The Morgan fingerprint density at radius 2 is 1.81 bits per heavy atom. The van der Waals surface area contributed by atoms with Gasteiger partial charge >= 0.3 is 5.97 Å². The fraction of sp³-hybridized carbons (Fsp3) is 0.818. The third-order valence-electron chi connectivity index (χ3n) is 6.70.